The Bertz CT molecular complexity index is 1380. The van der Waals surface area contributed by atoms with Gasteiger partial charge in [0.2, 0.25) is 0 Å². The SMILES string of the molecule is COc1cc2c(cc1OC)N(Cc1ccccc1)S(=O)(=O)C(C(=O)Nc1ccccc1C)=C2C. The van der Waals surface area contributed by atoms with E-state index in [9.17, 15) is 13.2 Å². The van der Waals surface area contributed by atoms with Crippen molar-refractivity contribution in [3.05, 3.63) is 88.3 Å². The topological polar surface area (TPSA) is 84.9 Å². The van der Waals surface area contributed by atoms with Crippen molar-refractivity contribution in [1.29, 1.82) is 0 Å². The van der Waals surface area contributed by atoms with E-state index in [-0.39, 0.29) is 11.4 Å². The second-order valence-corrected chi connectivity index (χ2v) is 9.74. The summed E-state index contributed by atoms with van der Waals surface area (Å²) in [6, 6.07) is 19.8. The van der Waals surface area contributed by atoms with E-state index in [0.717, 1.165) is 11.1 Å². The third kappa shape index (κ3) is 4.12. The Balaban J connectivity index is 1.90. The van der Waals surface area contributed by atoms with Crippen molar-refractivity contribution in [3.8, 4) is 11.5 Å². The van der Waals surface area contributed by atoms with Gasteiger partial charge in [-0.25, -0.2) is 8.42 Å². The quantitative estimate of drug-likeness (QED) is 0.554. The fourth-order valence-electron chi connectivity index (χ4n) is 4.03. The first kappa shape index (κ1) is 23.4. The number of ether oxygens (including phenoxy) is 2. The summed E-state index contributed by atoms with van der Waals surface area (Å²) in [6.07, 6.45) is 0. The number of fused-ring (bicyclic) bond motifs is 1. The molecule has 1 heterocycles. The van der Waals surface area contributed by atoms with Gasteiger partial charge in [0.05, 0.1) is 26.5 Å². The number of methoxy groups -OCH3 is 2. The zero-order chi connectivity index (χ0) is 24.5. The number of para-hydroxylation sites is 1. The lowest BCUT2D eigenvalue weighted by atomic mass is 10.0. The number of amides is 1. The Morgan fingerprint density at radius 1 is 0.912 bits per heavy atom. The molecule has 0 saturated carbocycles. The van der Waals surface area contributed by atoms with Crippen LogP contribution in [0.15, 0.2) is 71.6 Å². The minimum atomic E-state index is -4.20. The van der Waals surface area contributed by atoms with E-state index >= 15 is 0 Å². The molecule has 0 unspecified atom stereocenters. The molecule has 1 amide bonds. The van der Waals surface area contributed by atoms with Gasteiger partial charge in [0.25, 0.3) is 15.9 Å². The Kier molecular flexibility index (Phi) is 6.34. The number of anilines is 2. The number of aryl methyl sites for hydroxylation is 1. The predicted octanol–water partition coefficient (Wildman–Crippen LogP) is 4.73. The lowest BCUT2D eigenvalue weighted by molar-refractivity contribution is -0.112. The van der Waals surface area contributed by atoms with E-state index < -0.39 is 15.9 Å². The molecular weight excluding hydrogens is 452 g/mol. The van der Waals surface area contributed by atoms with Crippen molar-refractivity contribution in [3.63, 3.8) is 0 Å². The highest BCUT2D eigenvalue weighted by Gasteiger charge is 2.40. The monoisotopic (exact) mass is 478 g/mol. The summed E-state index contributed by atoms with van der Waals surface area (Å²) in [6.45, 7) is 3.54. The van der Waals surface area contributed by atoms with Crippen molar-refractivity contribution >= 4 is 32.9 Å². The van der Waals surface area contributed by atoms with Gasteiger partial charge in [-0.15, -0.1) is 0 Å². The smallest absolute Gasteiger partial charge is 0.270 e. The third-order valence-electron chi connectivity index (χ3n) is 5.83. The van der Waals surface area contributed by atoms with E-state index in [1.807, 2.05) is 49.4 Å². The van der Waals surface area contributed by atoms with E-state index in [4.69, 9.17) is 9.47 Å². The van der Waals surface area contributed by atoms with Crippen LogP contribution in [0.2, 0.25) is 0 Å². The van der Waals surface area contributed by atoms with Crippen LogP contribution in [0.1, 0.15) is 23.6 Å². The molecule has 8 heteroatoms. The van der Waals surface area contributed by atoms with Gasteiger partial charge in [-0.05, 0) is 42.7 Å². The number of hydrogen-bond donors (Lipinski definition) is 1. The van der Waals surface area contributed by atoms with E-state index in [1.165, 1.54) is 18.5 Å². The summed E-state index contributed by atoms with van der Waals surface area (Å²) in [5.74, 6) is 0.152. The Morgan fingerprint density at radius 3 is 2.18 bits per heavy atom. The van der Waals surface area contributed by atoms with Gasteiger partial charge in [-0.3, -0.25) is 9.10 Å². The summed E-state index contributed by atoms with van der Waals surface area (Å²) in [5.41, 5.74) is 3.51. The summed E-state index contributed by atoms with van der Waals surface area (Å²) in [7, 11) is -1.19. The first-order valence-electron chi connectivity index (χ1n) is 10.7. The van der Waals surface area contributed by atoms with Gasteiger partial charge in [0, 0.05) is 17.3 Å². The number of carbonyl (C=O) groups is 1. The second kappa shape index (κ2) is 9.23. The van der Waals surface area contributed by atoms with Crippen molar-refractivity contribution in [1.82, 2.24) is 0 Å². The van der Waals surface area contributed by atoms with Crippen LogP contribution < -0.4 is 19.1 Å². The molecule has 1 aliphatic heterocycles. The lowest BCUT2D eigenvalue weighted by Crippen LogP contribution is -2.39. The standard InChI is InChI=1S/C26H26N2O5S/c1-17-10-8-9-13-21(17)27-26(29)25-18(2)20-14-23(32-3)24(33-4)15-22(20)28(34(25,30)31)16-19-11-6-5-7-12-19/h5-15H,16H2,1-4H3,(H,27,29). The van der Waals surface area contributed by atoms with Crippen LogP contribution in [0, 0.1) is 6.92 Å². The molecule has 0 bridgehead atoms. The van der Waals surface area contributed by atoms with Crippen LogP contribution in [0.4, 0.5) is 11.4 Å². The molecule has 1 N–H and O–H groups in total. The largest absolute Gasteiger partial charge is 0.493 e. The fourth-order valence-corrected chi connectivity index (χ4v) is 5.76. The van der Waals surface area contributed by atoms with Crippen LogP contribution in [-0.4, -0.2) is 28.5 Å². The van der Waals surface area contributed by atoms with E-state index in [2.05, 4.69) is 5.32 Å². The molecule has 3 aromatic carbocycles. The van der Waals surface area contributed by atoms with Crippen LogP contribution in [0.25, 0.3) is 5.57 Å². The third-order valence-corrected chi connectivity index (χ3v) is 7.75. The molecule has 1 aliphatic rings. The number of nitrogens with one attached hydrogen (secondary N) is 1. The van der Waals surface area contributed by atoms with Crippen LogP contribution in [0.3, 0.4) is 0 Å². The molecule has 3 aromatic rings. The number of carbonyl (C=O) groups excluding carboxylic acids is 1. The summed E-state index contributed by atoms with van der Waals surface area (Å²) < 4.78 is 39.9. The molecule has 0 aromatic heterocycles. The molecule has 34 heavy (non-hydrogen) atoms. The maximum Gasteiger partial charge on any atom is 0.270 e. The van der Waals surface area contributed by atoms with Crippen molar-refractivity contribution in [2.75, 3.05) is 23.8 Å². The molecule has 4 rings (SSSR count). The zero-order valence-corrected chi connectivity index (χ0v) is 20.3. The number of nitrogens with zero attached hydrogens (tertiary/aromatic N) is 1. The zero-order valence-electron chi connectivity index (χ0n) is 19.5. The number of rotatable bonds is 6. The molecule has 0 radical (unpaired) electrons. The molecule has 0 atom stereocenters. The van der Waals surface area contributed by atoms with Crippen molar-refractivity contribution < 1.29 is 22.7 Å². The Morgan fingerprint density at radius 2 is 1.53 bits per heavy atom. The second-order valence-electron chi connectivity index (χ2n) is 7.94. The maximum absolute atomic E-state index is 13.9. The van der Waals surface area contributed by atoms with Crippen molar-refractivity contribution in [2.24, 2.45) is 0 Å². The van der Waals surface area contributed by atoms with Crippen molar-refractivity contribution in [2.45, 2.75) is 20.4 Å². The van der Waals surface area contributed by atoms with E-state index in [0.29, 0.717) is 34.0 Å². The van der Waals surface area contributed by atoms with Gasteiger partial charge < -0.3 is 14.8 Å². The minimum Gasteiger partial charge on any atom is -0.493 e. The molecule has 0 fully saturated rings. The molecule has 176 valence electrons. The van der Waals surface area contributed by atoms with Gasteiger partial charge in [0.1, 0.15) is 0 Å². The van der Waals surface area contributed by atoms with E-state index in [1.54, 1.807) is 31.2 Å². The number of sulfonamides is 1. The minimum absolute atomic E-state index is 0.0556. The molecular formula is C26H26N2O5S. The highest BCUT2D eigenvalue weighted by atomic mass is 32.2. The van der Waals surface area contributed by atoms with Gasteiger partial charge in [-0.2, -0.15) is 0 Å². The average molecular weight is 479 g/mol. The lowest BCUT2D eigenvalue weighted by Gasteiger charge is -2.33. The average Bonchev–Trinajstić information content (AvgIpc) is 2.83. The summed E-state index contributed by atoms with van der Waals surface area (Å²) >= 11 is 0. The Hall–Kier alpha value is -3.78. The normalized spacial score (nSPS) is 14.4. The number of hydrogen-bond acceptors (Lipinski definition) is 5. The summed E-state index contributed by atoms with van der Waals surface area (Å²) in [4.78, 5) is 13.1. The number of allylic oxidation sites excluding steroid dienone is 1. The molecule has 7 nitrogen and oxygen atoms in total. The van der Waals surface area contributed by atoms with Gasteiger partial charge in [-0.1, -0.05) is 48.5 Å². The first-order valence-corrected chi connectivity index (χ1v) is 12.1. The first-order chi connectivity index (χ1) is 16.3. The molecule has 0 aliphatic carbocycles. The fraction of sp³-hybridized carbons (Fsp3) is 0.192. The Labute approximate surface area is 199 Å². The van der Waals surface area contributed by atoms with Gasteiger partial charge in [0.15, 0.2) is 16.4 Å². The molecule has 0 saturated heterocycles. The summed E-state index contributed by atoms with van der Waals surface area (Å²) in [5, 5.41) is 2.77. The van der Waals surface area contributed by atoms with Gasteiger partial charge >= 0.3 is 0 Å². The molecule has 0 spiro atoms. The van der Waals surface area contributed by atoms with Crippen LogP contribution >= 0.6 is 0 Å². The van der Waals surface area contributed by atoms with Crippen LogP contribution in [0.5, 0.6) is 11.5 Å². The highest BCUT2D eigenvalue weighted by molar-refractivity contribution is 7.97. The highest BCUT2D eigenvalue weighted by Crippen LogP contribution is 2.45. The maximum atomic E-state index is 13.9. The van der Waals surface area contributed by atoms with Crippen LogP contribution in [-0.2, 0) is 21.4 Å². The predicted molar refractivity (Wildman–Crippen MR) is 133 cm³/mol. The number of benzene rings is 3.